The number of carboxylic acid groups (broad SMARTS) is 2. The first-order valence-electron chi connectivity index (χ1n) is 13.4. The first-order valence-corrected chi connectivity index (χ1v) is 13.4. The van der Waals surface area contributed by atoms with Crippen molar-refractivity contribution in [1.29, 1.82) is 0 Å². The first kappa shape index (κ1) is 28.6. The molecule has 2 bridgehead atoms. The van der Waals surface area contributed by atoms with E-state index in [2.05, 4.69) is 24.1 Å². The molecule has 0 unspecified atom stereocenters. The van der Waals surface area contributed by atoms with E-state index >= 15 is 0 Å². The quantitative estimate of drug-likeness (QED) is 0.248. The molecule has 1 spiro atoms. The second-order valence-corrected chi connectivity index (χ2v) is 11.0. The lowest BCUT2D eigenvalue weighted by Crippen LogP contribution is -2.70. The Balaban J connectivity index is 0.000000480. The van der Waals surface area contributed by atoms with Gasteiger partial charge in [0.1, 0.15) is 0 Å². The highest BCUT2D eigenvalue weighted by Crippen LogP contribution is 2.60. The third-order valence-electron chi connectivity index (χ3n) is 8.55. The van der Waals surface area contributed by atoms with Crippen LogP contribution < -0.4 is 5.32 Å². The topological polar surface area (TPSA) is 145 Å². The number of aliphatic carboxylic acids is 2. The fraction of sp³-hybridized carbons (Fsp3) is 0.920. The number of nitrogens with zero attached hydrogens (tertiary/aromatic N) is 1. The molecule has 5 aliphatic heterocycles. The number of hydrogen-bond donors (Lipinski definition) is 3. The van der Waals surface area contributed by atoms with Gasteiger partial charge in [0.05, 0.1) is 19.8 Å². The van der Waals surface area contributed by atoms with Crippen molar-refractivity contribution >= 4 is 11.9 Å². The molecule has 12 heteroatoms. The summed E-state index contributed by atoms with van der Waals surface area (Å²) in [6.45, 7) is 13.7. The maximum Gasteiger partial charge on any atom is 0.414 e. The second kappa shape index (κ2) is 12.2. The van der Waals surface area contributed by atoms with E-state index in [-0.39, 0.29) is 12.2 Å². The number of fused-ring (bicyclic) bond motifs is 2. The van der Waals surface area contributed by atoms with Gasteiger partial charge in [0.2, 0.25) is 5.79 Å². The molecule has 0 aromatic heterocycles. The van der Waals surface area contributed by atoms with Crippen LogP contribution in [0, 0.1) is 23.7 Å². The average Bonchev–Trinajstić information content (AvgIpc) is 3.11. The first-order chi connectivity index (χ1) is 17.7. The zero-order valence-electron chi connectivity index (χ0n) is 22.1. The second-order valence-electron chi connectivity index (χ2n) is 11.0. The monoisotopic (exact) mass is 530 g/mol. The van der Waals surface area contributed by atoms with E-state index in [0.29, 0.717) is 24.4 Å². The van der Waals surface area contributed by atoms with Crippen LogP contribution in [0.4, 0.5) is 0 Å². The van der Waals surface area contributed by atoms with Gasteiger partial charge in [-0.2, -0.15) is 0 Å². The number of ether oxygens (including phenoxy) is 4. The molecule has 0 aromatic rings. The summed E-state index contributed by atoms with van der Waals surface area (Å²) in [6.07, 6.45) is 3.50. The zero-order valence-corrected chi connectivity index (χ0v) is 22.1. The molecule has 6 rings (SSSR count). The lowest BCUT2D eigenvalue weighted by Gasteiger charge is -2.60. The maximum absolute atomic E-state index is 9.10. The van der Waals surface area contributed by atoms with Gasteiger partial charge in [-0.15, -0.1) is 0 Å². The Morgan fingerprint density at radius 2 is 1.76 bits per heavy atom. The minimum atomic E-state index is -1.82. The van der Waals surface area contributed by atoms with Crippen molar-refractivity contribution in [2.45, 2.75) is 70.4 Å². The van der Waals surface area contributed by atoms with Gasteiger partial charge in [0.15, 0.2) is 18.2 Å². The molecule has 37 heavy (non-hydrogen) atoms. The van der Waals surface area contributed by atoms with Crippen LogP contribution in [-0.2, 0) is 38.3 Å². The van der Waals surface area contributed by atoms with Crippen LogP contribution in [0.1, 0.15) is 46.5 Å². The number of rotatable bonds is 7. The van der Waals surface area contributed by atoms with Crippen LogP contribution in [0.15, 0.2) is 0 Å². The Morgan fingerprint density at radius 3 is 2.46 bits per heavy atom. The Kier molecular flexibility index (Phi) is 9.44. The third kappa shape index (κ3) is 6.27. The van der Waals surface area contributed by atoms with E-state index < -0.39 is 29.6 Å². The van der Waals surface area contributed by atoms with Crippen LogP contribution in [0.3, 0.4) is 0 Å². The molecule has 0 amide bonds. The summed E-state index contributed by atoms with van der Waals surface area (Å²) < 4.78 is 24.5. The van der Waals surface area contributed by atoms with Gasteiger partial charge in [-0.1, -0.05) is 13.8 Å². The van der Waals surface area contributed by atoms with E-state index in [0.717, 1.165) is 65.2 Å². The Hall–Kier alpha value is -1.38. The summed E-state index contributed by atoms with van der Waals surface area (Å²) in [5, 5.41) is 18.3. The predicted molar refractivity (Wildman–Crippen MR) is 128 cm³/mol. The molecule has 6 fully saturated rings. The van der Waals surface area contributed by atoms with Crippen LogP contribution in [-0.4, -0.2) is 104 Å². The summed E-state index contributed by atoms with van der Waals surface area (Å²) >= 11 is 0. The number of morpholine rings is 1. The minimum absolute atomic E-state index is 0.231. The van der Waals surface area contributed by atoms with E-state index in [9.17, 15) is 0 Å². The van der Waals surface area contributed by atoms with Gasteiger partial charge in [0.25, 0.3) is 0 Å². The minimum Gasteiger partial charge on any atom is -0.473 e. The van der Waals surface area contributed by atoms with Gasteiger partial charge in [0, 0.05) is 51.0 Å². The number of hydrogen-bond acceptors (Lipinski definition) is 10. The van der Waals surface area contributed by atoms with Crippen molar-refractivity contribution < 1.29 is 48.5 Å². The molecule has 212 valence electrons. The van der Waals surface area contributed by atoms with Gasteiger partial charge < -0.3 is 34.5 Å². The van der Waals surface area contributed by atoms with E-state index in [1.54, 1.807) is 0 Å². The lowest BCUT2D eigenvalue weighted by molar-refractivity contribution is -0.577. The fourth-order valence-corrected chi connectivity index (χ4v) is 6.50. The van der Waals surface area contributed by atoms with Crippen LogP contribution in [0.25, 0.3) is 0 Å². The van der Waals surface area contributed by atoms with Crippen LogP contribution in [0.2, 0.25) is 0 Å². The summed E-state index contributed by atoms with van der Waals surface area (Å²) in [7, 11) is 0. The normalized spacial score (nSPS) is 41.2. The Bertz CT molecular complexity index is 783. The van der Waals surface area contributed by atoms with Crippen LogP contribution >= 0.6 is 0 Å². The summed E-state index contributed by atoms with van der Waals surface area (Å²) in [4.78, 5) is 32.7. The van der Waals surface area contributed by atoms with Crippen molar-refractivity contribution in [3.63, 3.8) is 0 Å². The molecule has 12 nitrogen and oxygen atoms in total. The smallest absolute Gasteiger partial charge is 0.414 e. The molecule has 0 radical (unpaired) electrons. The Labute approximate surface area is 217 Å². The molecule has 1 saturated carbocycles. The SMILES string of the molecule is C[C@H]1[C@@H](OCCNCCN2CCOCC2)O[C@@H]2O[C@@]3(C)CC[C@H]4[C@H](C)CC[C@@H]1[C@@]24OO3.O=C(O)C(=O)O. The van der Waals surface area contributed by atoms with Crippen molar-refractivity contribution in [1.82, 2.24) is 10.2 Å². The van der Waals surface area contributed by atoms with Gasteiger partial charge in [-0.3, -0.25) is 4.90 Å². The fourth-order valence-electron chi connectivity index (χ4n) is 6.50. The number of carbonyl (C=O) groups is 2. The Morgan fingerprint density at radius 1 is 1.03 bits per heavy atom. The van der Waals surface area contributed by atoms with Crippen molar-refractivity contribution in [3.05, 3.63) is 0 Å². The zero-order chi connectivity index (χ0) is 26.6. The molecular formula is C25H42N2O10. The molecule has 8 atom stereocenters. The van der Waals surface area contributed by atoms with E-state index in [1.807, 2.05) is 6.92 Å². The summed E-state index contributed by atoms with van der Waals surface area (Å²) in [5.41, 5.74) is -0.511. The number of carboxylic acids is 2. The van der Waals surface area contributed by atoms with Crippen LogP contribution in [0.5, 0.6) is 0 Å². The standard InChI is InChI=1S/C23H40N2O6.C2H2O4/c1-16-4-5-19-17(2)20(27-13-9-24-8-10-25-11-14-26-15-12-25)28-21-23(19)18(16)6-7-22(3,29-21)30-31-23;3-1(4)2(5)6/h16-21,24H,4-15H2,1-3H3;(H,3,4)(H,5,6)/t16-,17-,18+,19+,20+,21-,22-,23-;/m1./s1. The summed E-state index contributed by atoms with van der Waals surface area (Å²) in [6, 6.07) is 0. The van der Waals surface area contributed by atoms with E-state index in [4.69, 9.17) is 48.5 Å². The van der Waals surface area contributed by atoms with Crippen molar-refractivity contribution in [2.75, 3.05) is 52.5 Å². The lowest BCUT2D eigenvalue weighted by atomic mass is 9.58. The van der Waals surface area contributed by atoms with Crippen molar-refractivity contribution in [2.24, 2.45) is 23.7 Å². The third-order valence-corrected chi connectivity index (χ3v) is 8.55. The predicted octanol–water partition coefficient (Wildman–Crippen LogP) is 1.29. The van der Waals surface area contributed by atoms with Gasteiger partial charge in [-0.25, -0.2) is 19.4 Å². The van der Waals surface area contributed by atoms with Gasteiger partial charge in [-0.05, 0) is 38.0 Å². The summed E-state index contributed by atoms with van der Waals surface area (Å²) in [5.74, 6) is -2.86. The molecule has 0 aromatic carbocycles. The molecule has 5 heterocycles. The average molecular weight is 531 g/mol. The largest absolute Gasteiger partial charge is 0.473 e. The van der Waals surface area contributed by atoms with E-state index in [1.165, 1.54) is 6.42 Å². The number of nitrogens with one attached hydrogen (secondary N) is 1. The highest BCUT2D eigenvalue weighted by molar-refractivity contribution is 6.27. The highest BCUT2D eigenvalue weighted by Gasteiger charge is 2.69. The van der Waals surface area contributed by atoms with Gasteiger partial charge >= 0.3 is 11.9 Å². The molecular weight excluding hydrogens is 488 g/mol. The maximum atomic E-state index is 9.10. The molecule has 5 saturated heterocycles. The highest BCUT2D eigenvalue weighted by atomic mass is 17.3. The molecule has 1 aliphatic carbocycles. The molecule has 6 aliphatic rings. The van der Waals surface area contributed by atoms with Crippen molar-refractivity contribution in [3.8, 4) is 0 Å². The molecule has 3 N–H and O–H groups in total.